The Bertz CT molecular complexity index is 1240. The number of hydrogen-bond donors (Lipinski definition) is 1. The third kappa shape index (κ3) is 5.01. The summed E-state index contributed by atoms with van der Waals surface area (Å²) in [6.45, 7) is -1.75. The fourth-order valence-electron chi connectivity index (χ4n) is 4.37. The number of fused-ring (bicyclic) bond motifs is 1. The maximum absolute atomic E-state index is 15.0. The summed E-state index contributed by atoms with van der Waals surface area (Å²) in [6.07, 6.45) is -5.41. The number of halogens is 5. The molecule has 1 N–H and O–H groups in total. The molecule has 2 aliphatic rings. The van der Waals surface area contributed by atoms with Crippen molar-refractivity contribution in [1.82, 2.24) is 20.0 Å². The zero-order valence-electron chi connectivity index (χ0n) is 18.8. The number of aromatic nitrogens is 2. The largest absolute Gasteiger partial charge is 0.491 e. The number of alkyl halides is 5. The lowest BCUT2D eigenvalue weighted by Crippen LogP contribution is -2.49. The van der Waals surface area contributed by atoms with Crippen LogP contribution in [0.4, 0.5) is 32.6 Å². The Kier molecular flexibility index (Phi) is 6.45. The summed E-state index contributed by atoms with van der Waals surface area (Å²) in [5, 5.41) is 7.03. The van der Waals surface area contributed by atoms with E-state index in [9.17, 15) is 32.3 Å². The van der Waals surface area contributed by atoms with E-state index < -0.39 is 55.0 Å². The van der Waals surface area contributed by atoms with Crippen molar-refractivity contribution >= 4 is 40.6 Å². The highest BCUT2D eigenvalue weighted by Crippen LogP contribution is 2.41. The first kappa shape index (κ1) is 25.5. The molecule has 3 heterocycles. The molecule has 36 heavy (non-hydrogen) atoms. The van der Waals surface area contributed by atoms with Gasteiger partial charge in [-0.1, -0.05) is 6.07 Å². The fraction of sp³-hybridized carbons (Fsp3) is 0.476. The summed E-state index contributed by atoms with van der Waals surface area (Å²) in [4.78, 5) is 48.2. The summed E-state index contributed by atoms with van der Waals surface area (Å²) < 4.78 is 71.9. The molecule has 0 aliphatic carbocycles. The first-order chi connectivity index (χ1) is 16.8. The molecule has 1 aromatic carbocycles. The third-order valence-corrected chi connectivity index (χ3v) is 6.04. The average molecular weight is 517 g/mol. The second-order valence-electron chi connectivity index (χ2n) is 8.55. The zero-order valence-corrected chi connectivity index (χ0v) is 18.8. The van der Waals surface area contributed by atoms with Gasteiger partial charge in [-0.15, -0.1) is 0 Å². The summed E-state index contributed by atoms with van der Waals surface area (Å²) >= 11 is 0. The lowest BCUT2D eigenvalue weighted by molar-refractivity contribution is -0.202. The second kappa shape index (κ2) is 9.11. The molecule has 3 amide bonds. The number of carbonyl (C=O) groups excluding carboxylic acids is 4. The number of likely N-dealkylation sites (tertiary alicyclic amines) is 1. The number of imide groups is 1. The van der Waals surface area contributed by atoms with Crippen LogP contribution in [0.5, 0.6) is 0 Å². The fourth-order valence-corrected chi connectivity index (χ4v) is 4.37. The number of nitrogens with zero attached hydrogens (tertiary/aromatic N) is 4. The molecule has 0 spiro atoms. The number of aryl methyl sites for hydroxylation is 1. The number of benzene rings is 1. The Balaban J connectivity index is 1.49. The van der Waals surface area contributed by atoms with Crippen LogP contribution in [-0.4, -0.2) is 76.8 Å². The molecule has 0 bridgehead atoms. The quantitative estimate of drug-likeness (QED) is 0.375. The Morgan fingerprint density at radius 3 is 2.58 bits per heavy atom. The number of hydrogen-bond acceptors (Lipinski definition) is 7. The second-order valence-corrected chi connectivity index (χ2v) is 8.55. The van der Waals surface area contributed by atoms with Crippen molar-refractivity contribution in [3.05, 3.63) is 23.8 Å². The molecule has 1 atom stereocenters. The highest BCUT2D eigenvalue weighted by atomic mass is 19.4. The summed E-state index contributed by atoms with van der Waals surface area (Å²) in [6, 6.07) is 3.91. The average Bonchev–Trinajstić information content (AvgIpc) is 3.08. The molecule has 2 saturated heterocycles. The molecule has 4 rings (SSSR count). The molecular formula is C21H20F5N5O5. The van der Waals surface area contributed by atoms with Gasteiger partial charge in [0.25, 0.3) is 5.92 Å². The van der Waals surface area contributed by atoms with Crippen molar-refractivity contribution in [3.63, 3.8) is 0 Å². The van der Waals surface area contributed by atoms with Gasteiger partial charge < -0.3 is 4.74 Å². The van der Waals surface area contributed by atoms with Gasteiger partial charge in [-0.2, -0.15) is 18.3 Å². The molecule has 15 heteroatoms. The first-order valence-corrected chi connectivity index (χ1v) is 10.8. The van der Waals surface area contributed by atoms with Crippen LogP contribution in [0.3, 0.4) is 0 Å². The van der Waals surface area contributed by atoms with Gasteiger partial charge in [-0.3, -0.25) is 29.4 Å². The highest BCUT2D eigenvalue weighted by molar-refractivity contribution is 6.08. The van der Waals surface area contributed by atoms with Crippen LogP contribution in [0.2, 0.25) is 0 Å². The van der Waals surface area contributed by atoms with Crippen LogP contribution >= 0.6 is 0 Å². The summed E-state index contributed by atoms with van der Waals surface area (Å²) in [7, 11) is 1.58. The van der Waals surface area contributed by atoms with E-state index in [2.05, 4.69) is 15.2 Å². The lowest BCUT2D eigenvalue weighted by atomic mass is 9.86. The van der Waals surface area contributed by atoms with Crippen molar-refractivity contribution in [1.29, 1.82) is 0 Å². The predicted molar refractivity (Wildman–Crippen MR) is 112 cm³/mol. The topological polar surface area (TPSA) is 114 Å². The number of carbonyl (C=O) groups is 4. The van der Waals surface area contributed by atoms with Crippen LogP contribution < -0.4 is 10.2 Å². The molecule has 194 valence electrons. The minimum Gasteiger partial charge on any atom is -0.385 e. The standard InChI is InChI=1S/C21H20F5N5O5/c1-29-14-8-11(2-3-12(14)17(28-29)31-7-5-15(32)27-19(31)35)13-4-6-30(10-20(13,22)23)9-16(33)36-18(34)21(24,25)26/h2-3,8,13H,4-7,9-10H2,1H3,(H,27,32,35). The maximum atomic E-state index is 15.0. The van der Waals surface area contributed by atoms with Crippen LogP contribution in [-0.2, 0) is 26.2 Å². The van der Waals surface area contributed by atoms with Crippen molar-refractivity contribution in [2.45, 2.75) is 30.9 Å². The molecular weight excluding hydrogens is 497 g/mol. The van der Waals surface area contributed by atoms with E-state index >= 15 is 8.78 Å². The van der Waals surface area contributed by atoms with Crippen LogP contribution in [0.1, 0.15) is 24.3 Å². The third-order valence-electron chi connectivity index (χ3n) is 6.04. The van der Waals surface area contributed by atoms with Crippen LogP contribution in [0.15, 0.2) is 18.2 Å². The highest BCUT2D eigenvalue weighted by Gasteiger charge is 2.47. The van der Waals surface area contributed by atoms with Gasteiger partial charge in [0.1, 0.15) is 0 Å². The van der Waals surface area contributed by atoms with Gasteiger partial charge in [-0.05, 0) is 30.7 Å². The van der Waals surface area contributed by atoms with E-state index in [1.54, 1.807) is 13.1 Å². The van der Waals surface area contributed by atoms with E-state index in [0.717, 1.165) is 4.90 Å². The number of amides is 3. The van der Waals surface area contributed by atoms with Gasteiger partial charge >= 0.3 is 24.1 Å². The zero-order chi connectivity index (χ0) is 26.4. The molecule has 0 radical (unpaired) electrons. The monoisotopic (exact) mass is 517 g/mol. The number of ether oxygens (including phenoxy) is 1. The van der Waals surface area contributed by atoms with E-state index in [1.807, 2.05) is 0 Å². The van der Waals surface area contributed by atoms with Crippen LogP contribution in [0.25, 0.3) is 10.9 Å². The normalized spacial score (nSPS) is 20.9. The minimum atomic E-state index is -5.37. The Morgan fingerprint density at radius 1 is 1.22 bits per heavy atom. The number of rotatable bonds is 4. The van der Waals surface area contributed by atoms with Crippen molar-refractivity contribution < 1.29 is 45.9 Å². The molecule has 2 fully saturated rings. The molecule has 2 aromatic rings. The summed E-state index contributed by atoms with van der Waals surface area (Å²) in [5.74, 6) is -9.02. The van der Waals surface area contributed by atoms with Gasteiger partial charge in [0.15, 0.2) is 5.82 Å². The first-order valence-electron chi connectivity index (χ1n) is 10.8. The maximum Gasteiger partial charge on any atom is 0.491 e. The minimum absolute atomic E-state index is 0.0494. The van der Waals surface area contributed by atoms with E-state index in [-0.39, 0.29) is 37.3 Å². The Hall–Kier alpha value is -3.62. The molecule has 0 saturated carbocycles. The molecule has 2 aliphatic heterocycles. The smallest absolute Gasteiger partial charge is 0.385 e. The Labute approximate surface area is 199 Å². The van der Waals surface area contributed by atoms with Crippen LogP contribution in [0, 0.1) is 0 Å². The van der Waals surface area contributed by atoms with Gasteiger partial charge in [0.2, 0.25) is 5.91 Å². The molecule has 10 nitrogen and oxygen atoms in total. The van der Waals surface area contributed by atoms with Gasteiger partial charge in [0.05, 0.1) is 24.5 Å². The number of piperidine rings is 1. The molecule has 1 unspecified atom stereocenters. The number of esters is 2. The predicted octanol–water partition coefficient (Wildman–Crippen LogP) is 2.08. The van der Waals surface area contributed by atoms with E-state index in [0.29, 0.717) is 10.9 Å². The van der Waals surface area contributed by atoms with E-state index in [1.165, 1.54) is 21.7 Å². The van der Waals surface area contributed by atoms with Crippen molar-refractivity contribution in [3.8, 4) is 0 Å². The summed E-state index contributed by atoms with van der Waals surface area (Å²) in [5.41, 5.74) is 0.745. The van der Waals surface area contributed by atoms with Crippen molar-refractivity contribution in [2.24, 2.45) is 7.05 Å². The number of nitrogens with one attached hydrogen (secondary N) is 1. The number of urea groups is 1. The molecule has 1 aromatic heterocycles. The van der Waals surface area contributed by atoms with Gasteiger partial charge in [0, 0.05) is 25.4 Å². The van der Waals surface area contributed by atoms with E-state index in [4.69, 9.17) is 0 Å². The number of anilines is 1. The van der Waals surface area contributed by atoms with Gasteiger partial charge in [-0.25, -0.2) is 18.4 Å². The lowest BCUT2D eigenvalue weighted by Gasteiger charge is -2.38. The Morgan fingerprint density at radius 2 is 1.94 bits per heavy atom. The SMILES string of the molecule is Cn1nc(N2CCC(=O)NC2=O)c2ccc(C3CCN(CC(=O)OC(=O)C(F)(F)F)CC3(F)F)cc21. The van der Waals surface area contributed by atoms with Crippen molar-refractivity contribution in [2.75, 3.05) is 31.1 Å².